The minimum absolute atomic E-state index is 0.0220. The Balaban J connectivity index is 3.09. The fourth-order valence-corrected chi connectivity index (χ4v) is 1.17. The molecule has 0 aliphatic rings. The summed E-state index contributed by atoms with van der Waals surface area (Å²) >= 11 is 8.66. The predicted molar refractivity (Wildman–Crippen MR) is 51.6 cm³/mol. The van der Waals surface area contributed by atoms with Gasteiger partial charge in [-0.25, -0.2) is 4.98 Å². The van der Waals surface area contributed by atoms with E-state index in [-0.39, 0.29) is 10.7 Å². The van der Waals surface area contributed by atoms with Gasteiger partial charge in [-0.1, -0.05) is 34.1 Å². The molecule has 5 heteroatoms. The minimum atomic E-state index is -0.306. The molecule has 0 aliphatic heterocycles. The van der Waals surface area contributed by atoms with Crippen LogP contribution in [0, 0.1) is 0 Å². The van der Waals surface area contributed by atoms with E-state index in [1.54, 1.807) is 6.20 Å². The van der Waals surface area contributed by atoms with Gasteiger partial charge in [0.05, 0.1) is 6.54 Å². The Hall–Kier alpha value is -0.610. The summed E-state index contributed by atoms with van der Waals surface area (Å²) in [4.78, 5) is 14.8. The molecule has 0 amide bonds. The van der Waals surface area contributed by atoms with E-state index in [1.165, 1.54) is 10.8 Å². The lowest BCUT2D eigenvalue weighted by molar-refractivity contribution is 0.763. The van der Waals surface area contributed by atoms with Crippen LogP contribution < -0.4 is 5.56 Å². The number of rotatable bonds is 2. The van der Waals surface area contributed by atoms with Gasteiger partial charge in [0.1, 0.15) is 0 Å². The van der Waals surface area contributed by atoms with Crippen molar-refractivity contribution in [3.8, 4) is 0 Å². The van der Waals surface area contributed by atoms with E-state index < -0.39 is 0 Å². The molecule has 0 saturated heterocycles. The van der Waals surface area contributed by atoms with Crippen LogP contribution in [-0.4, -0.2) is 9.55 Å². The lowest BCUT2D eigenvalue weighted by atomic mass is 10.5. The molecule has 0 aliphatic carbocycles. The zero-order chi connectivity index (χ0) is 9.14. The Morgan fingerprint density at radius 1 is 1.83 bits per heavy atom. The van der Waals surface area contributed by atoms with E-state index in [2.05, 4.69) is 27.5 Å². The van der Waals surface area contributed by atoms with Gasteiger partial charge >= 0.3 is 0 Å². The monoisotopic (exact) mass is 248 g/mol. The molecule has 64 valence electrons. The molecule has 0 unspecified atom stereocenters. The maximum atomic E-state index is 11.2. The fraction of sp³-hybridized carbons (Fsp3) is 0.143. The topological polar surface area (TPSA) is 34.9 Å². The average Bonchev–Trinajstić information content (AvgIpc) is 1.98. The second-order valence-corrected chi connectivity index (χ2v) is 3.65. The zero-order valence-corrected chi connectivity index (χ0v) is 8.47. The third-order valence-electron chi connectivity index (χ3n) is 1.21. The number of allylic oxidation sites excluding steroid dienone is 1. The first-order chi connectivity index (χ1) is 5.61. The van der Waals surface area contributed by atoms with Crippen molar-refractivity contribution in [1.82, 2.24) is 9.55 Å². The summed E-state index contributed by atoms with van der Waals surface area (Å²) in [6.07, 6.45) is 3.03. The van der Waals surface area contributed by atoms with Crippen LogP contribution in [0.2, 0.25) is 5.15 Å². The normalized spacial score (nSPS) is 9.83. The largest absolute Gasteiger partial charge is 0.306 e. The highest BCUT2D eigenvalue weighted by atomic mass is 79.9. The number of aromatic nitrogens is 2. The van der Waals surface area contributed by atoms with Crippen LogP contribution in [0.25, 0.3) is 0 Å². The van der Waals surface area contributed by atoms with Gasteiger partial charge in [0.15, 0.2) is 5.15 Å². The smallest absolute Gasteiger partial charge is 0.288 e. The first-order valence-corrected chi connectivity index (χ1v) is 4.32. The SMILES string of the molecule is C=C(Br)Cn1ccnc(Cl)c1=O. The fourth-order valence-electron chi connectivity index (χ4n) is 0.730. The highest BCUT2D eigenvalue weighted by molar-refractivity contribution is 9.11. The van der Waals surface area contributed by atoms with E-state index in [0.717, 1.165) is 0 Å². The Morgan fingerprint density at radius 3 is 3.08 bits per heavy atom. The third-order valence-corrected chi connectivity index (χ3v) is 1.72. The van der Waals surface area contributed by atoms with E-state index in [9.17, 15) is 4.79 Å². The van der Waals surface area contributed by atoms with Gasteiger partial charge in [0.25, 0.3) is 5.56 Å². The van der Waals surface area contributed by atoms with E-state index in [4.69, 9.17) is 11.6 Å². The number of nitrogens with zero attached hydrogens (tertiary/aromatic N) is 2. The van der Waals surface area contributed by atoms with Crippen molar-refractivity contribution in [2.45, 2.75) is 6.54 Å². The maximum absolute atomic E-state index is 11.2. The second-order valence-electron chi connectivity index (χ2n) is 2.17. The highest BCUT2D eigenvalue weighted by Crippen LogP contribution is 2.03. The van der Waals surface area contributed by atoms with Gasteiger partial charge in [-0.15, -0.1) is 0 Å². The van der Waals surface area contributed by atoms with E-state index >= 15 is 0 Å². The predicted octanol–water partition coefficient (Wildman–Crippen LogP) is 1.81. The molecule has 1 aromatic heterocycles. The van der Waals surface area contributed by atoms with Crippen molar-refractivity contribution in [3.63, 3.8) is 0 Å². The van der Waals surface area contributed by atoms with Gasteiger partial charge in [0, 0.05) is 16.9 Å². The van der Waals surface area contributed by atoms with Crippen molar-refractivity contribution >= 4 is 27.5 Å². The van der Waals surface area contributed by atoms with Crippen LogP contribution in [-0.2, 0) is 6.54 Å². The second kappa shape index (κ2) is 3.87. The van der Waals surface area contributed by atoms with Gasteiger partial charge in [-0.05, 0) is 0 Å². The average molecular weight is 249 g/mol. The summed E-state index contributed by atoms with van der Waals surface area (Å²) in [5.74, 6) is 0. The lowest BCUT2D eigenvalue weighted by Gasteiger charge is -2.02. The molecule has 0 N–H and O–H groups in total. The molecule has 0 spiro atoms. The van der Waals surface area contributed by atoms with Gasteiger partial charge in [-0.2, -0.15) is 0 Å². The maximum Gasteiger partial charge on any atom is 0.288 e. The van der Waals surface area contributed by atoms with Crippen molar-refractivity contribution < 1.29 is 0 Å². The molecule has 0 bridgehead atoms. The molecule has 0 aromatic carbocycles. The minimum Gasteiger partial charge on any atom is -0.306 e. The molecular weight excluding hydrogens is 243 g/mol. The van der Waals surface area contributed by atoms with Crippen LogP contribution >= 0.6 is 27.5 Å². The molecule has 0 saturated carbocycles. The molecule has 0 atom stereocenters. The van der Waals surface area contributed by atoms with Gasteiger partial charge in [-0.3, -0.25) is 4.79 Å². The summed E-state index contributed by atoms with van der Waals surface area (Å²) in [5.41, 5.74) is -0.306. The van der Waals surface area contributed by atoms with Crippen LogP contribution in [0.5, 0.6) is 0 Å². The van der Waals surface area contributed by atoms with Crippen molar-refractivity contribution in [1.29, 1.82) is 0 Å². The van der Waals surface area contributed by atoms with Gasteiger partial charge < -0.3 is 4.57 Å². The molecular formula is C7H6BrClN2O. The molecule has 0 fully saturated rings. The van der Waals surface area contributed by atoms with Crippen molar-refractivity contribution in [3.05, 3.63) is 39.0 Å². The molecule has 1 aromatic rings. The van der Waals surface area contributed by atoms with Crippen molar-refractivity contribution in [2.75, 3.05) is 0 Å². The summed E-state index contributed by atoms with van der Waals surface area (Å²) in [5, 5.41) is -0.0220. The van der Waals surface area contributed by atoms with Crippen LogP contribution in [0.3, 0.4) is 0 Å². The Kier molecular flexibility index (Phi) is 3.05. The zero-order valence-electron chi connectivity index (χ0n) is 6.13. The molecule has 1 rings (SSSR count). The Labute approximate surface area is 82.8 Å². The Morgan fingerprint density at radius 2 is 2.50 bits per heavy atom. The standard InChI is InChI=1S/C7H6BrClN2O/c1-5(8)4-11-3-2-10-6(9)7(11)12/h2-3H,1,4H2. The number of hydrogen-bond donors (Lipinski definition) is 0. The molecule has 1 heterocycles. The van der Waals surface area contributed by atoms with E-state index in [0.29, 0.717) is 11.0 Å². The van der Waals surface area contributed by atoms with E-state index in [1.807, 2.05) is 0 Å². The number of halogens is 2. The molecule has 3 nitrogen and oxygen atoms in total. The summed E-state index contributed by atoms with van der Waals surface area (Å²) < 4.78 is 2.14. The summed E-state index contributed by atoms with van der Waals surface area (Å²) in [6.45, 7) is 4.02. The summed E-state index contributed by atoms with van der Waals surface area (Å²) in [7, 11) is 0. The third kappa shape index (κ3) is 2.19. The number of hydrogen-bond acceptors (Lipinski definition) is 2. The summed E-state index contributed by atoms with van der Waals surface area (Å²) in [6, 6.07) is 0. The van der Waals surface area contributed by atoms with Crippen LogP contribution in [0.4, 0.5) is 0 Å². The van der Waals surface area contributed by atoms with Crippen molar-refractivity contribution in [2.24, 2.45) is 0 Å². The first kappa shape index (κ1) is 9.48. The Bertz CT molecular complexity index is 361. The van der Waals surface area contributed by atoms with Gasteiger partial charge in [0.2, 0.25) is 0 Å². The lowest BCUT2D eigenvalue weighted by Crippen LogP contribution is -2.20. The van der Waals surface area contributed by atoms with Crippen LogP contribution in [0.1, 0.15) is 0 Å². The van der Waals surface area contributed by atoms with Crippen LogP contribution in [0.15, 0.2) is 28.2 Å². The first-order valence-electron chi connectivity index (χ1n) is 3.15. The molecule has 0 radical (unpaired) electrons. The molecule has 12 heavy (non-hydrogen) atoms. The highest BCUT2D eigenvalue weighted by Gasteiger charge is 2.00. The quantitative estimate of drug-likeness (QED) is 0.801.